The van der Waals surface area contributed by atoms with Crippen LogP contribution in [0, 0.1) is 13.8 Å². The molecule has 0 spiro atoms. The molecule has 2 aromatic rings. The number of fused-ring (bicyclic) bond motifs is 1. The summed E-state index contributed by atoms with van der Waals surface area (Å²) in [7, 11) is 0. The lowest BCUT2D eigenvalue weighted by Gasteiger charge is -2.13. The van der Waals surface area contributed by atoms with Gasteiger partial charge in [0, 0.05) is 28.2 Å². The number of aryl methyl sites for hydroxylation is 2. The Balaban J connectivity index is 2.37. The van der Waals surface area contributed by atoms with E-state index in [0.29, 0.717) is 11.3 Å². The van der Waals surface area contributed by atoms with Gasteiger partial charge in [0.25, 0.3) is 0 Å². The van der Waals surface area contributed by atoms with Gasteiger partial charge in [-0.2, -0.15) is 0 Å². The number of H-pyrrole nitrogens is 1. The fraction of sp³-hybridized carbons (Fsp3) is 0.125. The highest BCUT2D eigenvalue weighted by Crippen LogP contribution is 2.34. The maximum atomic E-state index is 12.2. The van der Waals surface area contributed by atoms with Gasteiger partial charge in [0.1, 0.15) is 0 Å². The predicted octanol–water partition coefficient (Wildman–Crippen LogP) is 2.65. The Morgan fingerprint density at radius 1 is 1.10 bits per heavy atom. The van der Waals surface area contributed by atoms with Gasteiger partial charge in [0.05, 0.1) is 5.57 Å². The van der Waals surface area contributed by atoms with Crippen molar-refractivity contribution in [3.63, 3.8) is 0 Å². The quantitative estimate of drug-likeness (QED) is 0.702. The molecule has 0 atom stereocenters. The van der Waals surface area contributed by atoms with E-state index in [0.717, 1.165) is 22.5 Å². The monoisotopic (exact) mass is 283 g/mol. The van der Waals surface area contributed by atoms with Crippen molar-refractivity contribution in [2.24, 2.45) is 0 Å². The fourth-order valence-corrected chi connectivity index (χ4v) is 2.61. The summed E-state index contributed by atoms with van der Waals surface area (Å²) in [5, 5.41) is 20.3. The molecule has 3 N–H and O–H groups in total. The van der Waals surface area contributed by atoms with Crippen LogP contribution in [0.5, 0.6) is 0 Å². The molecule has 1 aromatic heterocycles. The highest BCUT2D eigenvalue weighted by atomic mass is 16.3. The van der Waals surface area contributed by atoms with Gasteiger partial charge in [-0.05, 0) is 26.0 Å². The SMILES string of the molecule is Cc1ccc2[nH]c(C)c(C3=C(O)C(=O)C=C(O)C3=O)c2c1. The van der Waals surface area contributed by atoms with Crippen LogP contribution in [-0.2, 0) is 9.59 Å². The summed E-state index contributed by atoms with van der Waals surface area (Å²) < 4.78 is 0. The number of aromatic amines is 1. The third kappa shape index (κ3) is 1.86. The molecule has 21 heavy (non-hydrogen) atoms. The molecule has 3 rings (SSSR count). The lowest BCUT2D eigenvalue weighted by molar-refractivity contribution is -0.117. The van der Waals surface area contributed by atoms with Crippen molar-refractivity contribution in [1.82, 2.24) is 4.98 Å². The number of carbonyl (C=O) groups excluding carboxylic acids is 2. The van der Waals surface area contributed by atoms with Crippen LogP contribution in [-0.4, -0.2) is 26.8 Å². The van der Waals surface area contributed by atoms with E-state index in [2.05, 4.69) is 4.98 Å². The van der Waals surface area contributed by atoms with Gasteiger partial charge in [-0.25, -0.2) is 0 Å². The number of aliphatic hydroxyl groups excluding tert-OH is 2. The number of aliphatic hydroxyl groups is 2. The average Bonchev–Trinajstić information content (AvgIpc) is 2.73. The fourth-order valence-electron chi connectivity index (χ4n) is 2.61. The number of nitrogens with one attached hydrogen (secondary N) is 1. The maximum Gasteiger partial charge on any atom is 0.232 e. The van der Waals surface area contributed by atoms with E-state index in [1.54, 1.807) is 6.92 Å². The second kappa shape index (κ2) is 4.34. The van der Waals surface area contributed by atoms with Crippen LogP contribution in [0.15, 0.2) is 35.8 Å². The molecule has 1 aromatic carbocycles. The Bertz CT molecular complexity index is 868. The first kappa shape index (κ1) is 13.2. The largest absolute Gasteiger partial charge is 0.504 e. The smallest absolute Gasteiger partial charge is 0.232 e. The number of aromatic nitrogens is 1. The lowest BCUT2D eigenvalue weighted by atomic mass is 9.91. The van der Waals surface area contributed by atoms with Crippen LogP contribution in [0.25, 0.3) is 16.5 Å². The summed E-state index contributed by atoms with van der Waals surface area (Å²) in [5.41, 5.74) is 2.71. The summed E-state index contributed by atoms with van der Waals surface area (Å²) in [6.07, 6.45) is 0.733. The first-order valence-corrected chi connectivity index (χ1v) is 6.42. The maximum absolute atomic E-state index is 12.2. The zero-order valence-corrected chi connectivity index (χ0v) is 11.5. The van der Waals surface area contributed by atoms with Crippen molar-refractivity contribution in [1.29, 1.82) is 0 Å². The van der Waals surface area contributed by atoms with Crippen molar-refractivity contribution >= 4 is 28.0 Å². The van der Waals surface area contributed by atoms with E-state index in [-0.39, 0.29) is 5.57 Å². The van der Waals surface area contributed by atoms with Crippen LogP contribution in [0.1, 0.15) is 16.8 Å². The first-order chi connectivity index (χ1) is 9.90. The molecule has 0 saturated heterocycles. The Morgan fingerprint density at radius 3 is 2.52 bits per heavy atom. The molecule has 1 aliphatic rings. The number of ketones is 2. The molecule has 0 unspecified atom stereocenters. The Kier molecular flexibility index (Phi) is 2.73. The van der Waals surface area contributed by atoms with Gasteiger partial charge in [0.2, 0.25) is 11.6 Å². The van der Waals surface area contributed by atoms with Crippen molar-refractivity contribution in [2.75, 3.05) is 0 Å². The zero-order chi connectivity index (χ0) is 15.3. The average molecular weight is 283 g/mol. The Hall–Kier alpha value is -2.82. The molecule has 5 nitrogen and oxygen atoms in total. The van der Waals surface area contributed by atoms with Crippen LogP contribution in [0.3, 0.4) is 0 Å². The van der Waals surface area contributed by atoms with E-state index in [1.165, 1.54) is 0 Å². The minimum atomic E-state index is -0.775. The van der Waals surface area contributed by atoms with E-state index in [4.69, 9.17) is 0 Å². The third-order valence-electron chi connectivity index (χ3n) is 3.59. The Morgan fingerprint density at radius 2 is 1.81 bits per heavy atom. The standard InChI is InChI=1S/C16H13NO4/c1-7-3-4-10-9(5-7)13(8(2)17-10)14-15(20)11(18)6-12(19)16(14)21/h3-6,17-18,21H,1-2H3. The first-order valence-electron chi connectivity index (χ1n) is 6.42. The van der Waals surface area contributed by atoms with Gasteiger partial charge >= 0.3 is 0 Å². The molecule has 0 saturated carbocycles. The molecule has 0 bridgehead atoms. The van der Waals surface area contributed by atoms with Crippen molar-refractivity contribution < 1.29 is 19.8 Å². The topological polar surface area (TPSA) is 90.4 Å². The molecule has 1 heterocycles. The molecular formula is C16H13NO4. The highest BCUT2D eigenvalue weighted by molar-refractivity contribution is 6.38. The zero-order valence-electron chi connectivity index (χ0n) is 11.5. The highest BCUT2D eigenvalue weighted by Gasteiger charge is 2.32. The molecule has 0 fully saturated rings. The minimum Gasteiger partial charge on any atom is -0.504 e. The summed E-state index contributed by atoms with van der Waals surface area (Å²) in [4.78, 5) is 26.9. The molecule has 106 valence electrons. The van der Waals surface area contributed by atoms with Crippen molar-refractivity contribution in [3.8, 4) is 0 Å². The number of benzene rings is 1. The normalized spacial score (nSPS) is 15.8. The van der Waals surface area contributed by atoms with Crippen LogP contribution >= 0.6 is 0 Å². The summed E-state index contributed by atoms with van der Waals surface area (Å²) >= 11 is 0. The van der Waals surface area contributed by atoms with E-state index >= 15 is 0 Å². The van der Waals surface area contributed by atoms with Gasteiger partial charge in [0.15, 0.2) is 11.5 Å². The van der Waals surface area contributed by atoms with Gasteiger partial charge in [-0.3, -0.25) is 9.59 Å². The van der Waals surface area contributed by atoms with Gasteiger partial charge in [-0.15, -0.1) is 0 Å². The second-order valence-electron chi connectivity index (χ2n) is 5.12. The van der Waals surface area contributed by atoms with E-state index in [9.17, 15) is 19.8 Å². The summed E-state index contributed by atoms with van der Waals surface area (Å²) in [6.45, 7) is 3.66. The molecule has 5 heteroatoms. The minimum absolute atomic E-state index is 0.158. The molecule has 0 radical (unpaired) electrons. The number of Topliss-reactive ketones (excluding diaryl/α,β-unsaturated/α-hetero) is 1. The number of allylic oxidation sites excluding steroid dienone is 2. The van der Waals surface area contributed by atoms with Gasteiger partial charge in [-0.1, -0.05) is 11.6 Å². The third-order valence-corrected chi connectivity index (χ3v) is 3.59. The molecule has 0 aliphatic heterocycles. The number of hydrogen-bond donors (Lipinski definition) is 3. The van der Waals surface area contributed by atoms with E-state index in [1.807, 2.05) is 25.1 Å². The van der Waals surface area contributed by atoms with Crippen LogP contribution in [0.4, 0.5) is 0 Å². The van der Waals surface area contributed by atoms with Crippen molar-refractivity contribution in [3.05, 3.63) is 52.6 Å². The lowest BCUT2D eigenvalue weighted by Crippen LogP contribution is -2.18. The number of hydrogen-bond acceptors (Lipinski definition) is 4. The van der Waals surface area contributed by atoms with Crippen molar-refractivity contribution in [2.45, 2.75) is 13.8 Å². The summed E-state index contributed by atoms with van der Waals surface area (Å²) in [6, 6.07) is 5.65. The van der Waals surface area contributed by atoms with E-state index < -0.39 is 23.1 Å². The Labute approximate surface area is 120 Å². The molecule has 0 amide bonds. The molecular weight excluding hydrogens is 270 g/mol. The van der Waals surface area contributed by atoms with Gasteiger partial charge < -0.3 is 15.2 Å². The predicted molar refractivity (Wildman–Crippen MR) is 78.0 cm³/mol. The number of carbonyl (C=O) groups is 2. The van der Waals surface area contributed by atoms with Crippen LogP contribution < -0.4 is 0 Å². The van der Waals surface area contributed by atoms with Crippen LogP contribution in [0.2, 0.25) is 0 Å². The second-order valence-corrected chi connectivity index (χ2v) is 5.12. The number of rotatable bonds is 1. The summed E-state index contributed by atoms with van der Waals surface area (Å²) in [5.74, 6) is -2.82. The molecule has 1 aliphatic carbocycles.